The monoisotopic (exact) mass is 441 g/mol. The van der Waals surface area contributed by atoms with E-state index in [2.05, 4.69) is 20.2 Å². The highest BCUT2D eigenvalue weighted by molar-refractivity contribution is 6.32. The van der Waals surface area contributed by atoms with Crippen LogP contribution in [-0.4, -0.2) is 36.7 Å². The number of halogens is 5. The molecule has 0 aliphatic carbocycles. The Labute approximate surface area is 173 Å². The van der Waals surface area contributed by atoms with E-state index in [1.165, 1.54) is 12.1 Å². The molecule has 2 N–H and O–H groups in total. The minimum Gasteiger partial charge on any atom is -0.374 e. The number of aromatic nitrogens is 4. The quantitative estimate of drug-likeness (QED) is 0.600. The minimum absolute atomic E-state index is 0.0412. The van der Waals surface area contributed by atoms with Crippen LogP contribution in [0.1, 0.15) is 34.4 Å². The molecule has 2 aromatic heterocycles. The smallest absolute Gasteiger partial charge is 0.374 e. The Morgan fingerprint density at radius 1 is 1.27 bits per heavy atom. The molecule has 0 fully saturated rings. The standard InChI is InChI=1S/C19H16ClF4N5O/c1-9-26-14-8-29(6-5-10(14)16(27-9)17-13(21)7-25-28-17)18(30)11-3-2-4-12(15(11)20)19(22,23)24/h2-4,7,18,30H,5-6,8H2,1H3,(H,25,28). The number of aromatic amines is 1. The number of rotatable bonds is 3. The second-order valence-corrected chi connectivity index (χ2v) is 7.32. The summed E-state index contributed by atoms with van der Waals surface area (Å²) in [5.74, 6) is -0.153. The number of aryl methyl sites for hydroxylation is 1. The molecule has 4 rings (SSSR count). The van der Waals surface area contributed by atoms with Crippen molar-refractivity contribution in [3.05, 3.63) is 63.4 Å². The molecule has 1 atom stereocenters. The molecule has 1 unspecified atom stereocenters. The van der Waals surface area contributed by atoms with Gasteiger partial charge in [0.05, 0.1) is 28.2 Å². The van der Waals surface area contributed by atoms with Gasteiger partial charge < -0.3 is 5.11 Å². The molecule has 30 heavy (non-hydrogen) atoms. The molecule has 3 heterocycles. The van der Waals surface area contributed by atoms with Crippen LogP contribution in [-0.2, 0) is 19.1 Å². The predicted octanol–water partition coefficient (Wildman–Crippen LogP) is 4.04. The van der Waals surface area contributed by atoms with Crippen molar-refractivity contribution in [1.29, 1.82) is 0 Å². The molecule has 0 spiro atoms. The number of hydrogen-bond acceptors (Lipinski definition) is 5. The predicted molar refractivity (Wildman–Crippen MR) is 99.8 cm³/mol. The summed E-state index contributed by atoms with van der Waals surface area (Å²) in [5.41, 5.74) is 0.738. The SMILES string of the molecule is Cc1nc2c(c(-c3[nH]ncc3F)n1)CCN(C(O)c1cccc(C(F)(F)F)c1Cl)C2. The van der Waals surface area contributed by atoms with Crippen LogP contribution >= 0.6 is 11.6 Å². The molecule has 0 saturated heterocycles. The Hall–Kier alpha value is -2.56. The minimum atomic E-state index is -4.63. The fourth-order valence-electron chi connectivity index (χ4n) is 3.59. The maximum absolute atomic E-state index is 14.0. The molecule has 6 nitrogen and oxygen atoms in total. The van der Waals surface area contributed by atoms with Gasteiger partial charge in [-0.1, -0.05) is 23.7 Å². The number of hydrogen-bond donors (Lipinski definition) is 2. The van der Waals surface area contributed by atoms with Crippen molar-refractivity contribution in [2.24, 2.45) is 0 Å². The van der Waals surface area contributed by atoms with Gasteiger partial charge >= 0.3 is 6.18 Å². The summed E-state index contributed by atoms with van der Waals surface area (Å²) in [6.07, 6.45) is -4.59. The first-order valence-electron chi connectivity index (χ1n) is 9.00. The summed E-state index contributed by atoms with van der Waals surface area (Å²) in [7, 11) is 0. The molecule has 0 bridgehead atoms. The number of benzene rings is 1. The lowest BCUT2D eigenvalue weighted by Crippen LogP contribution is -2.35. The third kappa shape index (κ3) is 3.66. The van der Waals surface area contributed by atoms with Gasteiger partial charge in [0, 0.05) is 24.2 Å². The third-order valence-corrected chi connectivity index (χ3v) is 5.42. The van der Waals surface area contributed by atoms with Crippen LogP contribution < -0.4 is 0 Å². The number of aliphatic hydroxyl groups excluding tert-OH is 1. The number of H-pyrrole nitrogens is 1. The van der Waals surface area contributed by atoms with Crippen LogP contribution in [0, 0.1) is 12.7 Å². The molecular weight excluding hydrogens is 426 g/mol. The summed E-state index contributed by atoms with van der Waals surface area (Å²) in [6.45, 7) is 2.07. The summed E-state index contributed by atoms with van der Waals surface area (Å²) in [6, 6.07) is 3.43. The highest BCUT2D eigenvalue weighted by Crippen LogP contribution is 2.39. The average Bonchev–Trinajstić information content (AvgIpc) is 3.11. The molecule has 1 aliphatic rings. The Morgan fingerprint density at radius 2 is 2.03 bits per heavy atom. The van der Waals surface area contributed by atoms with Gasteiger partial charge in [0.1, 0.15) is 17.7 Å². The first kappa shape index (κ1) is 20.7. The number of fused-ring (bicyclic) bond motifs is 1. The van der Waals surface area contributed by atoms with Gasteiger partial charge in [0.15, 0.2) is 5.82 Å². The first-order valence-corrected chi connectivity index (χ1v) is 9.38. The molecule has 0 radical (unpaired) electrons. The van der Waals surface area contributed by atoms with Crippen LogP contribution in [0.3, 0.4) is 0 Å². The maximum Gasteiger partial charge on any atom is 0.417 e. The molecule has 0 saturated carbocycles. The second kappa shape index (κ2) is 7.60. The van der Waals surface area contributed by atoms with Crippen LogP contribution in [0.2, 0.25) is 5.02 Å². The van der Waals surface area contributed by atoms with Gasteiger partial charge in [-0.25, -0.2) is 14.4 Å². The van der Waals surface area contributed by atoms with E-state index in [1.807, 2.05) is 0 Å². The van der Waals surface area contributed by atoms with Gasteiger partial charge in [-0.2, -0.15) is 18.3 Å². The largest absolute Gasteiger partial charge is 0.417 e. The number of nitrogens with zero attached hydrogens (tertiary/aromatic N) is 4. The van der Waals surface area contributed by atoms with E-state index < -0.39 is 28.8 Å². The third-order valence-electron chi connectivity index (χ3n) is 4.99. The molecule has 0 amide bonds. The van der Waals surface area contributed by atoms with Crippen molar-refractivity contribution in [2.45, 2.75) is 32.3 Å². The summed E-state index contributed by atoms with van der Waals surface area (Å²) >= 11 is 5.96. The molecule has 1 aliphatic heterocycles. The molecule has 11 heteroatoms. The zero-order valence-corrected chi connectivity index (χ0v) is 16.4. The van der Waals surface area contributed by atoms with Crippen molar-refractivity contribution in [1.82, 2.24) is 25.1 Å². The van der Waals surface area contributed by atoms with Gasteiger partial charge in [-0.05, 0) is 19.4 Å². The van der Waals surface area contributed by atoms with E-state index >= 15 is 0 Å². The first-order chi connectivity index (χ1) is 14.2. The Balaban J connectivity index is 1.67. The van der Waals surface area contributed by atoms with Crippen LogP contribution in [0.4, 0.5) is 17.6 Å². The van der Waals surface area contributed by atoms with Crippen molar-refractivity contribution in [3.8, 4) is 11.4 Å². The van der Waals surface area contributed by atoms with Crippen molar-refractivity contribution in [3.63, 3.8) is 0 Å². The number of nitrogens with one attached hydrogen (secondary N) is 1. The van der Waals surface area contributed by atoms with E-state index in [9.17, 15) is 22.7 Å². The lowest BCUT2D eigenvalue weighted by Gasteiger charge is -2.33. The highest BCUT2D eigenvalue weighted by Gasteiger charge is 2.36. The Bertz CT molecular complexity index is 1100. The lowest BCUT2D eigenvalue weighted by molar-refractivity contribution is -0.137. The molecular formula is C19H16ClF4N5O. The molecule has 158 valence electrons. The Morgan fingerprint density at radius 3 is 2.70 bits per heavy atom. The summed E-state index contributed by atoms with van der Waals surface area (Å²) in [5, 5.41) is 16.5. The van der Waals surface area contributed by atoms with E-state index in [0.29, 0.717) is 29.2 Å². The number of alkyl halides is 3. The zero-order valence-electron chi connectivity index (χ0n) is 15.6. The van der Waals surface area contributed by atoms with E-state index in [1.54, 1.807) is 11.8 Å². The van der Waals surface area contributed by atoms with Gasteiger partial charge in [0.25, 0.3) is 0 Å². The van der Waals surface area contributed by atoms with Crippen molar-refractivity contribution < 1.29 is 22.7 Å². The Kier molecular flexibility index (Phi) is 5.25. The van der Waals surface area contributed by atoms with Crippen molar-refractivity contribution in [2.75, 3.05) is 6.54 Å². The number of aliphatic hydroxyl groups is 1. The summed E-state index contributed by atoms with van der Waals surface area (Å²) < 4.78 is 53.5. The maximum atomic E-state index is 14.0. The topological polar surface area (TPSA) is 77.9 Å². The van der Waals surface area contributed by atoms with Gasteiger partial charge in [-0.15, -0.1) is 0 Å². The molecule has 3 aromatic rings. The fourth-order valence-corrected chi connectivity index (χ4v) is 3.92. The lowest BCUT2D eigenvalue weighted by atomic mass is 9.99. The fraction of sp³-hybridized carbons (Fsp3) is 0.316. The van der Waals surface area contributed by atoms with Crippen LogP contribution in [0.5, 0.6) is 0 Å². The van der Waals surface area contributed by atoms with E-state index in [4.69, 9.17) is 11.6 Å². The summed E-state index contributed by atoms with van der Waals surface area (Å²) in [4.78, 5) is 10.3. The van der Waals surface area contributed by atoms with Crippen molar-refractivity contribution >= 4 is 11.6 Å². The average molecular weight is 442 g/mol. The van der Waals surface area contributed by atoms with Gasteiger partial charge in [-0.3, -0.25) is 10.00 Å². The van der Waals surface area contributed by atoms with Gasteiger partial charge in [0.2, 0.25) is 0 Å². The van der Waals surface area contributed by atoms with E-state index in [-0.39, 0.29) is 24.3 Å². The van der Waals surface area contributed by atoms with Crippen LogP contribution in [0.15, 0.2) is 24.4 Å². The molecule has 1 aromatic carbocycles. The zero-order chi connectivity index (χ0) is 21.6. The van der Waals surface area contributed by atoms with E-state index in [0.717, 1.165) is 12.3 Å². The van der Waals surface area contributed by atoms with Crippen LogP contribution in [0.25, 0.3) is 11.4 Å². The second-order valence-electron chi connectivity index (χ2n) is 6.94. The normalized spacial score (nSPS) is 15.8. The highest BCUT2D eigenvalue weighted by atomic mass is 35.5.